The van der Waals surface area contributed by atoms with Crippen LogP contribution in [0.15, 0.2) is 28.7 Å². The predicted molar refractivity (Wildman–Crippen MR) is 85.8 cm³/mol. The third-order valence-electron chi connectivity index (χ3n) is 3.87. The first-order chi connectivity index (χ1) is 11.0. The van der Waals surface area contributed by atoms with Crippen LogP contribution in [-0.2, 0) is 11.3 Å². The Morgan fingerprint density at radius 2 is 2.17 bits per heavy atom. The molecule has 3 rings (SSSR count). The molecule has 1 fully saturated rings. The van der Waals surface area contributed by atoms with E-state index in [1.54, 1.807) is 6.92 Å². The first kappa shape index (κ1) is 15.6. The lowest BCUT2D eigenvalue weighted by molar-refractivity contribution is -0.123. The third kappa shape index (κ3) is 3.56. The summed E-state index contributed by atoms with van der Waals surface area (Å²) >= 11 is 3.37. The Balaban J connectivity index is 1.66. The number of nitrogens with one attached hydrogen (secondary N) is 1. The zero-order chi connectivity index (χ0) is 16.4. The molecule has 1 aromatic heterocycles. The van der Waals surface area contributed by atoms with E-state index in [-0.39, 0.29) is 18.4 Å². The number of benzene rings is 1. The van der Waals surface area contributed by atoms with Crippen LogP contribution in [0.25, 0.3) is 11.4 Å². The minimum Gasteiger partial charge on any atom is -0.336 e. The number of carbonyl (C=O) groups is 1. The van der Waals surface area contributed by atoms with Crippen molar-refractivity contribution < 1.29 is 4.79 Å². The molecular weight excluding hydrogens is 360 g/mol. The predicted octanol–water partition coefficient (Wildman–Crippen LogP) is 1.91. The molecule has 1 heterocycles. The maximum absolute atomic E-state index is 12.1. The molecule has 1 aliphatic rings. The molecule has 1 saturated carbocycles. The number of amides is 1. The minimum absolute atomic E-state index is 0.0620. The van der Waals surface area contributed by atoms with E-state index in [2.05, 4.69) is 42.7 Å². The van der Waals surface area contributed by atoms with Gasteiger partial charge in [0.1, 0.15) is 12.1 Å². The number of nitrogens with zero attached hydrogens (tertiary/aromatic N) is 5. The van der Waals surface area contributed by atoms with Crippen molar-refractivity contribution in [3.8, 4) is 17.5 Å². The highest BCUT2D eigenvalue weighted by Gasteiger charge is 2.43. The molecule has 0 spiro atoms. The van der Waals surface area contributed by atoms with Gasteiger partial charge in [-0.2, -0.15) is 10.1 Å². The van der Waals surface area contributed by atoms with Gasteiger partial charge in [-0.25, -0.2) is 0 Å². The summed E-state index contributed by atoms with van der Waals surface area (Å²) in [6.45, 7) is 1.69. The van der Waals surface area contributed by atoms with Crippen molar-refractivity contribution in [2.24, 2.45) is 5.92 Å². The lowest BCUT2D eigenvalue weighted by atomic mass is 9.98. The topological polar surface area (TPSA) is 96.5 Å². The first-order valence-electron chi connectivity index (χ1n) is 7.26. The summed E-state index contributed by atoms with van der Waals surface area (Å²) in [6.07, 6.45) is 1.94. The molecule has 0 aliphatic heterocycles. The smallest absolute Gasteiger partial charge is 0.244 e. The number of tetrazole rings is 1. The minimum atomic E-state index is -0.813. The van der Waals surface area contributed by atoms with E-state index in [0.717, 1.165) is 22.9 Å². The molecule has 1 amide bonds. The zero-order valence-corrected chi connectivity index (χ0v) is 14.1. The molecule has 1 aliphatic carbocycles. The second kappa shape index (κ2) is 6.08. The molecule has 2 aromatic rings. The maximum atomic E-state index is 12.1. The molecule has 1 N–H and O–H groups in total. The highest BCUT2D eigenvalue weighted by Crippen LogP contribution is 2.39. The van der Waals surface area contributed by atoms with Gasteiger partial charge in [0.2, 0.25) is 11.7 Å². The number of rotatable bonds is 5. The number of nitriles is 1. The number of carbonyl (C=O) groups excluding carboxylic acids is 1. The number of hydrogen-bond donors (Lipinski definition) is 1. The summed E-state index contributed by atoms with van der Waals surface area (Å²) in [5.41, 5.74) is 0.00588. The summed E-state index contributed by atoms with van der Waals surface area (Å²) in [5, 5.41) is 24.1. The fourth-order valence-corrected chi connectivity index (χ4v) is 2.63. The van der Waals surface area contributed by atoms with Crippen LogP contribution in [0.2, 0.25) is 0 Å². The van der Waals surface area contributed by atoms with Crippen LogP contribution in [0.4, 0.5) is 0 Å². The van der Waals surface area contributed by atoms with Crippen LogP contribution in [0.5, 0.6) is 0 Å². The molecule has 118 valence electrons. The van der Waals surface area contributed by atoms with Crippen molar-refractivity contribution in [3.63, 3.8) is 0 Å². The van der Waals surface area contributed by atoms with E-state index in [1.165, 1.54) is 4.80 Å². The molecule has 0 radical (unpaired) electrons. The standard InChI is InChI=1S/C15H15BrN6O/c1-15(9-17,11-4-5-11)18-13(23)8-22-20-14(19-21-22)10-2-6-12(16)7-3-10/h2-3,6-7,11H,4-5,8H2,1H3,(H,18,23). The van der Waals surface area contributed by atoms with Crippen LogP contribution < -0.4 is 5.32 Å². The van der Waals surface area contributed by atoms with Crippen molar-refractivity contribution in [3.05, 3.63) is 28.7 Å². The summed E-state index contributed by atoms with van der Waals surface area (Å²) < 4.78 is 0.962. The second-order valence-electron chi connectivity index (χ2n) is 5.79. The molecular formula is C15H15BrN6O. The van der Waals surface area contributed by atoms with Gasteiger partial charge in [-0.15, -0.1) is 10.2 Å². The van der Waals surface area contributed by atoms with E-state index >= 15 is 0 Å². The summed E-state index contributed by atoms with van der Waals surface area (Å²) in [5.74, 6) is 0.398. The highest BCUT2D eigenvalue weighted by atomic mass is 79.9. The normalized spacial score (nSPS) is 16.4. The molecule has 8 heteroatoms. The largest absolute Gasteiger partial charge is 0.336 e. The SMILES string of the molecule is CC(C#N)(NC(=O)Cn1nnc(-c2ccc(Br)cc2)n1)C1CC1. The van der Waals surface area contributed by atoms with E-state index in [1.807, 2.05) is 24.3 Å². The summed E-state index contributed by atoms with van der Waals surface area (Å²) in [7, 11) is 0. The van der Waals surface area contributed by atoms with Crippen LogP contribution in [-0.4, -0.2) is 31.7 Å². The molecule has 1 unspecified atom stereocenters. The van der Waals surface area contributed by atoms with Gasteiger partial charge in [-0.3, -0.25) is 4.79 Å². The Bertz CT molecular complexity index is 761. The van der Waals surface area contributed by atoms with Crippen molar-refractivity contribution >= 4 is 21.8 Å². The third-order valence-corrected chi connectivity index (χ3v) is 4.39. The van der Waals surface area contributed by atoms with Gasteiger partial charge in [0, 0.05) is 10.0 Å². The van der Waals surface area contributed by atoms with Gasteiger partial charge < -0.3 is 5.32 Å². The lowest BCUT2D eigenvalue weighted by Crippen LogP contribution is -2.48. The highest BCUT2D eigenvalue weighted by molar-refractivity contribution is 9.10. The molecule has 23 heavy (non-hydrogen) atoms. The van der Waals surface area contributed by atoms with Gasteiger partial charge >= 0.3 is 0 Å². The summed E-state index contributed by atoms with van der Waals surface area (Å²) in [6, 6.07) is 9.70. The molecule has 7 nitrogen and oxygen atoms in total. The van der Waals surface area contributed by atoms with Crippen molar-refractivity contribution in [1.82, 2.24) is 25.5 Å². The summed E-state index contributed by atoms with van der Waals surface area (Å²) in [4.78, 5) is 13.3. The second-order valence-corrected chi connectivity index (χ2v) is 6.70. The van der Waals surface area contributed by atoms with Gasteiger partial charge in [-0.1, -0.05) is 15.9 Å². The van der Waals surface area contributed by atoms with Crippen LogP contribution >= 0.6 is 15.9 Å². The lowest BCUT2D eigenvalue weighted by Gasteiger charge is -2.22. The van der Waals surface area contributed by atoms with Crippen molar-refractivity contribution in [1.29, 1.82) is 5.26 Å². The van der Waals surface area contributed by atoms with Crippen LogP contribution in [0, 0.1) is 17.2 Å². The Morgan fingerprint density at radius 3 is 2.78 bits per heavy atom. The fourth-order valence-electron chi connectivity index (χ4n) is 2.36. The average Bonchev–Trinajstić information content (AvgIpc) is 3.29. The van der Waals surface area contributed by atoms with Crippen LogP contribution in [0.3, 0.4) is 0 Å². The Labute approximate surface area is 141 Å². The zero-order valence-electron chi connectivity index (χ0n) is 12.5. The number of halogens is 1. The molecule has 1 aromatic carbocycles. The molecule has 0 saturated heterocycles. The van der Waals surface area contributed by atoms with E-state index in [4.69, 9.17) is 0 Å². The van der Waals surface area contributed by atoms with Crippen molar-refractivity contribution in [2.45, 2.75) is 31.8 Å². The fraction of sp³-hybridized carbons (Fsp3) is 0.400. The quantitative estimate of drug-likeness (QED) is 0.861. The molecule has 1 atom stereocenters. The Hall–Kier alpha value is -2.27. The Kier molecular flexibility index (Phi) is 4.13. The van der Waals surface area contributed by atoms with Gasteiger partial charge in [0.25, 0.3) is 0 Å². The first-order valence-corrected chi connectivity index (χ1v) is 8.05. The number of hydrogen-bond acceptors (Lipinski definition) is 5. The molecule has 0 bridgehead atoms. The van der Waals surface area contributed by atoms with Gasteiger partial charge in [-0.05, 0) is 55.2 Å². The maximum Gasteiger partial charge on any atom is 0.244 e. The number of aromatic nitrogens is 4. The van der Waals surface area contributed by atoms with Crippen molar-refractivity contribution in [2.75, 3.05) is 0 Å². The monoisotopic (exact) mass is 374 g/mol. The van der Waals surface area contributed by atoms with Crippen LogP contribution in [0.1, 0.15) is 19.8 Å². The van der Waals surface area contributed by atoms with E-state index in [9.17, 15) is 10.1 Å². The Morgan fingerprint density at radius 1 is 1.48 bits per heavy atom. The van der Waals surface area contributed by atoms with E-state index in [0.29, 0.717) is 5.82 Å². The van der Waals surface area contributed by atoms with Gasteiger partial charge in [0.05, 0.1) is 6.07 Å². The van der Waals surface area contributed by atoms with Gasteiger partial charge in [0.15, 0.2) is 0 Å². The van der Waals surface area contributed by atoms with E-state index < -0.39 is 5.54 Å². The average molecular weight is 375 g/mol.